The van der Waals surface area contributed by atoms with Gasteiger partial charge in [-0.3, -0.25) is 14.9 Å². The molecule has 0 fully saturated rings. The molecule has 0 aliphatic heterocycles. The van der Waals surface area contributed by atoms with E-state index in [0.29, 0.717) is 10.6 Å². The van der Waals surface area contributed by atoms with E-state index < -0.39 is 5.91 Å². The molecule has 0 unspecified atom stereocenters. The molecule has 3 aromatic rings. The number of hydrogen-bond donors (Lipinski definition) is 3. The van der Waals surface area contributed by atoms with E-state index in [1.807, 2.05) is 56.3 Å². The number of rotatable bonds is 4. The second-order valence-corrected chi connectivity index (χ2v) is 7.83. The van der Waals surface area contributed by atoms with Gasteiger partial charge in [0, 0.05) is 11.0 Å². The summed E-state index contributed by atoms with van der Waals surface area (Å²) in [5.41, 5.74) is 7.59. The molecule has 3 rings (SSSR count). The van der Waals surface area contributed by atoms with Gasteiger partial charge < -0.3 is 11.1 Å². The van der Waals surface area contributed by atoms with Gasteiger partial charge >= 0.3 is 0 Å². The molecule has 1 aromatic heterocycles. The van der Waals surface area contributed by atoms with Gasteiger partial charge in [0.15, 0.2) is 5.11 Å². The van der Waals surface area contributed by atoms with Crippen molar-refractivity contribution in [2.24, 2.45) is 5.73 Å². The van der Waals surface area contributed by atoms with Gasteiger partial charge in [-0.1, -0.05) is 42.5 Å². The van der Waals surface area contributed by atoms with Crippen molar-refractivity contribution in [2.75, 3.05) is 5.32 Å². The topological polar surface area (TPSA) is 84.2 Å². The number of anilines is 1. The molecule has 5 nitrogen and oxygen atoms in total. The van der Waals surface area contributed by atoms with E-state index in [9.17, 15) is 9.59 Å². The number of nitrogens with two attached hydrogens (primary N) is 1. The van der Waals surface area contributed by atoms with Crippen LogP contribution in [-0.2, 0) is 4.79 Å². The van der Waals surface area contributed by atoms with Crippen LogP contribution in [0.25, 0.3) is 16.8 Å². The summed E-state index contributed by atoms with van der Waals surface area (Å²) in [4.78, 5) is 24.9. The minimum atomic E-state index is -0.533. The number of carbonyl (C=O) groups excluding carboxylic acids is 2. The highest BCUT2D eigenvalue weighted by Crippen LogP contribution is 2.31. The summed E-state index contributed by atoms with van der Waals surface area (Å²) < 4.78 is 0. The van der Waals surface area contributed by atoms with Crippen LogP contribution in [0, 0.1) is 13.8 Å². The molecule has 142 valence electrons. The minimum absolute atomic E-state index is 0.108. The maximum Gasteiger partial charge on any atom is 0.251 e. The lowest BCUT2D eigenvalue weighted by Gasteiger charge is -2.08. The molecular formula is C21H19N3O2S2. The summed E-state index contributed by atoms with van der Waals surface area (Å²) in [5, 5.41) is 8.29. The second kappa shape index (κ2) is 8.33. The van der Waals surface area contributed by atoms with Crippen molar-refractivity contribution in [3.05, 3.63) is 70.1 Å². The van der Waals surface area contributed by atoms with E-state index in [1.54, 1.807) is 6.08 Å². The molecule has 0 atom stereocenters. The molecule has 0 aliphatic carbocycles. The normalized spacial score (nSPS) is 10.9. The number of primary amides is 1. The Morgan fingerprint density at radius 2 is 1.82 bits per heavy atom. The summed E-state index contributed by atoms with van der Waals surface area (Å²) in [6.45, 7) is 3.72. The van der Waals surface area contributed by atoms with Crippen LogP contribution in [0.15, 0.2) is 48.5 Å². The van der Waals surface area contributed by atoms with Crippen molar-refractivity contribution >= 4 is 62.3 Å². The summed E-state index contributed by atoms with van der Waals surface area (Å²) in [5.74, 6) is -0.898. The van der Waals surface area contributed by atoms with Gasteiger partial charge in [-0.15, -0.1) is 11.3 Å². The van der Waals surface area contributed by atoms with E-state index in [1.165, 1.54) is 17.4 Å². The number of carbonyl (C=O) groups is 2. The Morgan fingerprint density at radius 1 is 1.11 bits per heavy atom. The fourth-order valence-electron chi connectivity index (χ4n) is 2.86. The number of hydrogen-bond acceptors (Lipinski definition) is 4. The molecule has 2 aromatic carbocycles. The first-order valence-electron chi connectivity index (χ1n) is 8.54. The molecule has 2 amide bonds. The Balaban J connectivity index is 1.70. The van der Waals surface area contributed by atoms with Gasteiger partial charge in [-0.25, -0.2) is 0 Å². The highest BCUT2D eigenvalue weighted by molar-refractivity contribution is 7.80. The number of thiophene rings is 1. The van der Waals surface area contributed by atoms with E-state index in [2.05, 4.69) is 10.6 Å². The van der Waals surface area contributed by atoms with Gasteiger partial charge in [0.1, 0.15) is 5.00 Å². The van der Waals surface area contributed by atoms with Gasteiger partial charge in [-0.05, 0) is 54.0 Å². The number of benzene rings is 2. The average molecular weight is 410 g/mol. The second-order valence-electron chi connectivity index (χ2n) is 6.20. The highest BCUT2D eigenvalue weighted by atomic mass is 32.1. The van der Waals surface area contributed by atoms with Gasteiger partial charge in [0.2, 0.25) is 5.91 Å². The lowest BCUT2D eigenvalue weighted by Crippen LogP contribution is -2.33. The molecule has 0 radical (unpaired) electrons. The Kier molecular flexibility index (Phi) is 5.87. The highest BCUT2D eigenvalue weighted by Gasteiger charge is 2.18. The van der Waals surface area contributed by atoms with Crippen molar-refractivity contribution < 1.29 is 9.59 Å². The van der Waals surface area contributed by atoms with Gasteiger partial charge in [-0.2, -0.15) is 0 Å². The summed E-state index contributed by atoms with van der Waals surface area (Å²) >= 11 is 6.56. The third kappa shape index (κ3) is 4.27. The summed E-state index contributed by atoms with van der Waals surface area (Å²) in [6.07, 6.45) is 3.17. The number of fused-ring (bicyclic) bond motifs is 1. The SMILES string of the molecule is Cc1sc(NC(=S)NC(=O)/C=C/c2cccc3ccccc23)c(C(N)=O)c1C. The van der Waals surface area contributed by atoms with Crippen molar-refractivity contribution in [2.45, 2.75) is 13.8 Å². The fraction of sp³-hybridized carbons (Fsp3) is 0.0952. The third-order valence-corrected chi connectivity index (χ3v) is 5.66. The van der Waals surface area contributed by atoms with Crippen LogP contribution in [0.5, 0.6) is 0 Å². The number of amides is 2. The molecule has 1 heterocycles. The monoisotopic (exact) mass is 409 g/mol. The zero-order valence-corrected chi connectivity index (χ0v) is 17.0. The first-order valence-corrected chi connectivity index (χ1v) is 9.77. The molecule has 0 saturated heterocycles. The van der Waals surface area contributed by atoms with Crippen LogP contribution in [-0.4, -0.2) is 16.9 Å². The largest absolute Gasteiger partial charge is 0.365 e. The molecule has 0 aliphatic rings. The van der Waals surface area contributed by atoms with Crippen LogP contribution >= 0.6 is 23.6 Å². The van der Waals surface area contributed by atoms with E-state index in [0.717, 1.165) is 26.8 Å². The van der Waals surface area contributed by atoms with Crippen LogP contribution in [0.4, 0.5) is 5.00 Å². The standard InChI is InChI=1S/C21H19N3O2S2/c1-12-13(2)28-20(18(12)19(22)26)24-21(27)23-17(25)11-10-15-8-5-7-14-6-3-4-9-16(14)15/h3-11H,1-2H3,(H2,22,26)(H2,23,24,25,27)/b11-10+. The smallest absolute Gasteiger partial charge is 0.251 e. The van der Waals surface area contributed by atoms with Gasteiger partial charge in [0.05, 0.1) is 5.56 Å². The van der Waals surface area contributed by atoms with E-state index in [-0.39, 0.29) is 11.0 Å². The molecular weight excluding hydrogens is 390 g/mol. The van der Waals surface area contributed by atoms with Crippen LogP contribution in [0.1, 0.15) is 26.4 Å². The number of nitrogens with one attached hydrogen (secondary N) is 2. The van der Waals surface area contributed by atoms with Crippen molar-refractivity contribution in [3.8, 4) is 0 Å². The van der Waals surface area contributed by atoms with E-state index in [4.69, 9.17) is 18.0 Å². The first-order chi connectivity index (χ1) is 13.4. The maximum atomic E-state index is 12.2. The summed E-state index contributed by atoms with van der Waals surface area (Å²) in [7, 11) is 0. The molecule has 7 heteroatoms. The zero-order chi connectivity index (χ0) is 20.3. The van der Waals surface area contributed by atoms with Gasteiger partial charge in [0.25, 0.3) is 5.91 Å². The van der Waals surface area contributed by atoms with Crippen LogP contribution in [0.3, 0.4) is 0 Å². The minimum Gasteiger partial charge on any atom is -0.365 e. The Bertz CT molecular complexity index is 1110. The number of thiocarbonyl (C=S) groups is 1. The Morgan fingerprint density at radius 3 is 2.57 bits per heavy atom. The molecule has 4 N–H and O–H groups in total. The maximum absolute atomic E-state index is 12.2. The zero-order valence-electron chi connectivity index (χ0n) is 15.4. The lowest BCUT2D eigenvalue weighted by molar-refractivity contribution is -0.115. The predicted octanol–water partition coefficient (Wildman–Crippen LogP) is 4.14. The quantitative estimate of drug-likeness (QED) is 0.447. The fourth-order valence-corrected chi connectivity index (χ4v) is 4.20. The van der Waals surface area contributed by atoms with Crippen molar-refractivity contribution in [1.82, 2.24) is 5.32 Å². The summed E-state index contributed by atoms with van der Waals surface area (Å²) in [6, 6.07) is 13.9. The third-order valence-electron chi connectivity index (χ3n) is 4.33. The molecule has 0 spiro atoms. The van der Waals surface area contributed by atoms with E-state index >= 15 is 0 Å². The average Bonchev–Trinajstić information content (AvgIpc) is 2.93. The predicted molar refractivity (Wildman–Crippen MR) is 120 cm³/mol. The van der Waals surface area contributed by atoms with Crippen molar-refractivity contribution in [3.63, 3.8) is 0 Å². The molecule has 0 saturated carbocycles. The first kappa shape index (κ1) is 19.7. The Labute approximate surface area is 172 Å². The molecule has 28 heavy (non-hydrogen) atoms. The number of aryl methyl sites for hydroxylation is 1. The van der Waals surface area contributed by atoms with Crippen LogP contribution < -0.4 is 16.4 Å². The lowest BCUT2D eigenvalue weighted by atomic mass is 10.0. The molecule has 0 bridgehead atoms. The van der Waals surface area contributed by atoms with Crippen molar-refractivity contribution in [1.29, 1.82) is 0 Å². The van der Waals surface area contributed by atoms with Crippen LogP contribution in [0.2, 0.25) is 0 Å². The Hall–Kier alpha value is -3.03.